The van der Waals surface area contributed by atoms with Gasteiger partial charge in [-0.2, -0.15) is 5.26 Å². The molecular formula is C10H12N2O2. The van der Waals surface area contributed by atoms with E-state index in [0.717, 1.165) is 12.8 Å². The van der Waals surface area contributed by atoms with Gasteiger partial charge >= 0.3 is 0 Å². The Hall–Kier alpha value is -1.37. The lowest BCUT2D eigenvalue weighted by molar-refractivity contribution is -0.138. The van der Waals surface area contributed by atoms with Crippen molar-refractivity contribution in [3.8, 4) is 6.07 Å². The van der Waals surface area contributed by atoms with Crippen LogP contribution >= 0.6 is 0 Å². The van der Waals surface area contributed by atoms with E-state index in [0.29, 0.717) is 25.3 Å². The molecule has 1 unspecified atom stereocenters. The van der Waals surface area contributed by atoms with Crippen LogP contribution in [0.3, 0.4) is 0 Å². The average Bonchev–Trinajstić information content (AvgIpc) is 2.95. The van der Waals surface area contributed by atoms with Gasteiger partial charge in [-0.05, 0) is 18.8 Å². The molecule has 2 amide bonds. The quantitative estimate of drug-likeness (QED) is 0.618. The van der Waals surface area contributed by atoms with E-state index in [2.05, 4.69) is 6.07 Å². The van der Waals surface area contributed by atoms with E-state index >= 15 is 0 Å². The van der Waals surface area contributed by atoms with Crippen LogP contribution in [0.4, 0.5) is 0 Å². The van der Waals surface area contributed by atoms with E-state index in [1.165, 1.54) is 4.90 Å². The minimum atomic E-state index is -0.138. The minimum absolute atomic E-state index is 0.115. The van der Waals surface area contributed by atoms with Crippen molar-refractivity contribution >= 4 is 11.8 Å². The molecule has 0 aromatic heterocycles. The number of hydrogen-bond acceptors (Lipinski definition) is 3. The summed E-state index contributed by atoms with van der Waals surface area (Å²) in [6, 6.07) is 2.19. The largest absolute Gasteiger partial charge is 0.281 e. The molecule has 0 N–H and O–H groups in total. The van der Waals surface area contributed by atoms with Gasteiger partial charge in [0, 0.05) is 19.4 Å². The van der Waals surface area contributed by atoms with Gasteiger partial charge in [0.15, 0.2) is 0 Å². The van der Waals surface area contributed by atoms with Gasteiger partial charge in [-0.3, -0.25) is 14.5 Å². The number of nitriles is 1. The molecule has 1 saturated carbocycles. The Labute approximate surface area is 82.5 Å². The predicted molar refractivity (Wildman–Crippen MR) is 47.8 cm³/mol. The van der Waals surface area contributed by atoms with Crippen LogP contribution in [0.1, 0.15) is 25.7 Å². The van der Waals surface area contributed by atoms with Gasteiger partial charge < -0.3 is 0 Å². The first kappa shape index (κ1) is 9.20. The van der Waals surface area contributed by atoms with Crippen LogP contribution in [0.2, 0.25) is 0 Å². The van der Waals surface area contributed by atoms with Crippen LogP contribution in [-0.2, 0) is 9.59 Å². The topological polar surface area (TPSA) is 61.2 Å². The van der Waals surface area contributed by atoms with Crippen LogP contribution in [0, 0.1) is 23.2 Å². The lowest BCUT2D eigenvalue weighted by atomic mass is 10.1. The summed E-state index contributed by atoms with van der Waals surface area (Å²) >= 11 is 0. The van der Waals surface area contributed by atoms with Crippen molar-refractivity contribution < 1.29 is 9.59 Å². The highest BCUT2D eigenvalue weighted by molar-refractivity contribution is 6.01. The highest BCUT2D eigenvalue weighted by atomic mass is 16.2. The first-order chi connectivity index (χ1) is 6.72. The summed E-state index contributed by atoms with van der Waals surface area (Å²) in [5, 5.41) is 8.87. The molecule has 74 valence electrons. The second-order valence-electron chi connectivity index (χ2n) is 3.97. The summed E-state index contributed by atoms with van der Waals surface area (Å²) < 4.78 is 0. The molecule has 2 fully saturated rings. The van der Waals surface area contributed by atoms with E-state index < -0.39 is 0 Å². The number of nitrogens with zero attached hydrogens (tertiary/aromatic N) is 2. The Bertz CT molecular complexity index is 299. The Kier molecular flexibility index (Phi) is 2.24. The van der Waals surface area contributed by atoms with Crippen LogP contribution in [0.5, 0.6) is 0 Å². The van der Waals surface area contributed by atoms with Gasteiger partial charge in [0.1, 0.15) is 0 Å². The summed E-state index contributed by atoms with van der Waals surface area (Å²) in [6.45, 7) is 0.318. The Morgan fingerprint density at radius 3 is 2.36 bits per heavy atom. The van der Waals surface area contributed by atoms with E-state index in [1.54, 1.807) is 0 Å². The van der Waals surface area contributed by atoms with Gasteiger partial charge in [-0.1, -0.05) is 0 Å². The Balaban J connectivity index is 1.98. The number of hydrogen-bond donors (Lipinski definition) is 0. The van der Waals surface area contributed by atoms with E-state index in [9.17, 15) is 9.59 Å². The smallest absolute Gasteiger partial charge is 0.229 e. The molecule has 2 aliphatic rings. The average molecular weight is 192 g/mol. The van der Waals surface area contributed by atoms with E-state index in [-0.39, 0.29) is 17.7 Å². The van der Waals surface area contributed by atoms with Gasteiger partial charge in [0.05, 0.1) is 12.0 Å². The van der Waals surface area contributed by atoms with Crippen molar-refractivity contribution in [1.29, 1.82) is 5.26 Å². The van der Waals surface area contributed by atoms with Crippen LogP contribution in [0.15, 0.2) is 0 Å². The third-order valence-corrected chi connectivity index (χ3v) is 2.89. The zero-order chi connectivity index (χ0) is 10.1. The summed E-state index contributed by atoms with van der Waals surface area (Å²) in [5.74, 6) is 0.0500. The summed E-state index contributed by atoms with van der Waals surface area (Å²) in [5.41, 5.74) is 0. The zero-order valence-electron chi connectivity index (χ0n) is 7.90. The van der Waals surface area contributed by atoms with Crippen LogP contribution in [0.25, 0.3) is 0 Å². The van der Waals surface area contributed by atoms with Gasteiger partial charge in [0.2, 0.25) is 11.8 Å². The molecule has 1 heterocycles. The molecule has 4 heteroatoms. The van der Waals surface area contributed by atoms with Crippen LogP contribution in [-0.4, -0.2) is 23.3 Å². The first-order valence-corrected chi connectivity index (χ1v) is 4.95. The SMILES string of the molecule is N#CC(CN1C(=O)CCC1=O)C1CC1. The number of amides is 2. The van der Waals surface area contributed by atoms with Crippen molar-refractivity contribution in [3.63, 3.8) is 0 Å². The molecule has 1 atom stereocenters. The normalized spacial score (nSPS) is 23.8. The number of likely N-dealkylation sites (tertiary alicyclic amines) is 1. The third-order valence-electron chi connectivity index (χ3n) is 2.89. The molecule has 14 heavy (non-hydrogen) atoms. The molecule has 1 aliphatic carbocycles. The molecule has 0 bridgehead atoms. The summed E-state index contributed by atoms with van der Waals surface area (Å²) in [4.78, 5) is 23.8. The lowest BCUT2D eigenvalue weighted by Crippen LogP contribution is -2.34. The van der Waals surface area contributed by atoms with Crippen molar-refractivity contribution in [2.45, 2.75) is 25.7 Å². The third kappa shape index (κ3) is 1.63. The Morgan fingerprint density at radius 2 is 1.93 bits per heavy atom. The lowest BCUT2D eigenvalue weighted by Gasteiger charge is -2.16. The zero-order valence-corrected chi connectivity index (χ0v) is 7.90. The standard InChI is InChI=1S/C10H12N2O2/c11-5-8(7-1-2-7)6-12-9(13)3-4-10(12)14/h7-8H,1-4,6H2. The van der Waals surface area contributed by atoms with Gasteiger partial charge in [-0.15, -0.1) is 0 Å². The minimum Gasteiger partial charge on any atom is -0.281 e. The molecule has 1 aliphatic heterocycles. The fourth-order valence-electron chi connectivity index (χ4n) is 1.82. The van der Waals surface area contributed by atoms with Crippen molar-refractivity contribution in [1.82, 2.24) is 4.90 Å². The maximum Gasteiger partial charge on any atom is 0.229 e. The Morgan fingerprint density at radius 1 is 1.36 bits per heavy atom. The van der Waals surface area contributed by atoms with E-state index in [1.807, 2.05) is 0 Å². The fourth-order valence-corrected chi connectivity index (χ4v) is 1.82. The highest BCUT2D eigenvalue weighted by Crippen LogP contribution is 2.37. The molecular weight excluding hydrogens is 180 g/mol. The highest BCUT2D eigenvalue weighted by Gasteiger charge is 2.37. The second kappa shape index (κ2) is 3.41. The van der Waals surface area contributed by atoms with Crippen LogP contribution < -0.4 is 0 Å². The van der Waals surface area contributed by atoms with Crippen molar-refractivity contribution in [3.05, 3.63) is 0 Å². The van der Waals surface area contributed by atoms with Gasteiger partial charge in [-0.25, -0.2) is 0 Å². The second-order valence-corrected chi connectivity index (χ2v) is 3.97. The molecule has 0 aromatic rings. The molecule has 2 rings (SSSR count). The van der Waals surface area contributed by atoms with Crippen molar-refractivity contribution in [2.75, 3.05) is 6.54 Å². The predicted octanol–water partition coefficient (Wildman–Crippen LogP) is 0.685. The molecule has 4 nitrogen and oxygen atoms in total. The molecule has 0 spiro atoms. The summed E-state index contributed by atoms with van der Waals surface area (Å²) in [6.07, 6.45) is 2.77. The van der Waals surface area contributed by atoms with Gasteiger partial charge in [0.25, 0.3) is 0 Å². The summed E-state index contributed by atoms with van der Waals surface area (Å²) in [7, 11) is 0. The maximum absolute atomic E-state index is 11.3. The molecule has 1 saturated heterocycles. The number of rotatable bonds is 3. The van der Waals surface area contributed by atoms with E-state index in [4.69, 9.17) is 5.26 Å². The van der Waals surface area contributed by atoms with Crippen molar-refractivity contribution in [2.24, 2.45) is 11.8 Å². The monoisotopic (exact) mass is 192 g/mol. The molecule has 0 aromatic carbocycles. The number of carbonyl (C=O) groups excluding carboxylic acids is 2. The number of imide groups is 1. The molecule has 0 radical (unpaired) electrons. The first-order valence-electron chi connectivity index (χ1n) is 4.95. The fraction of sp³-hybridized carbons (Fsp3) is 0.700. The number of carbonyl (C=O) groups is 2. The maximum atomic E-state index is 11.3.